The van der Waals surface area contributed by atoms with Gasteiger partial charge in [0.25, 0.3) is 0 Å². The van der Waals surface area contributed by atoms with E-state index in [1.54, 1.807) is 36.4 Å². The number of aromatic nitrogens is 3. The fourth-order valence-corrected chi connectivity index (χ4v) is 4.23. The first-order valence-corrected chi connectivity index (χ1v) is 11.5. The molecule has 0 saturated heterocycles. The minimum Gasteiger partial charge on any atom is -0.350 e. The van der Waals surface area contributed by atoms with Gasteiger partial charge in [-0.15, -0.1) is 0 Å². The molecule has 168 valence electrons. The fourth-order valence-electron chi connectivity index (χ4n) is 3.24. The molecule has 0 radical (unpaired) electrons. The van der Waals surface area contributed by atoms with E-state index in [1.807, 2.05) is 31.2 Å². The van der Waals surface area contributed by atoms with E-state index in [-0.39, 0.29) is 12.5 Å². The van der Waals surface area contributed by atoms with Gasteiger partial charge >= 0.3 is 0 Å². The summed E-state index contributed by atoms with van der Waals surface area (Å²) in [4.78, 5) is 13.9. The standard InChI is InChI=1S/C24H18Cl4N4O/c1-14-2-4-15(5-3-14)12-29-22(33)13-32-30-23(18-8-6-16(25)10-20(18)27)24(31-32)19-9-7-17(26)11-21(19)28/h2-11H,12-13H2,1H3,(H,29,33). The third-order valence-electron chi connectivity index (χ3n) is 4.92. The molecule has 5 nitrogen and oxygen atoms in total. The second-order valence-electron chi connectivity index (χ2n) is 7.44. The predicted molar refractivity (Wildman–Crippen MR) is 134 cm³/mol. The fraction of sp³-hybridized carbons (Fsp3) is 0.125. The summed E-state index contributed by atoms with van der Waals surface area (Å²) in [5, 5.41) is 13.8. The van der Waals surface area contributed by atoms with Gasteiger partial charge in [-0.3, -0.25) is 4.79 Å². The quantitative estimate of drug-likeness (QED) is 0.303. The number of nitrogens with zero attached hydrogens (tertiary/aromatic N) is 3. The Morgan fingerprint density at radius 1 is 0.818 bits per heavy atom. The molecule has 33 heavy (non-hydrogen) atoms. The molecule has 9 heteroatoms. The highest BCUT2D eigenvalue weighted by atomic mass is 35.5. The maximum atomic E-state index is 12.6. The van der Waals surface area contributed by atoms with Crippen LogP contribution in [-0.4, -0.2) is 20.9 Å². The number of benzene rings is 3. The van der Waals surface area contributed by atoms with Crippen molar-refractivity contribution < 1.29 is 4.79 Å². The summed E-state index contributed by atoms with van der Waals surface area (Å²) in [6.07, 6.45) is 0. The van der Waals surface area contributed by atoms with Crippen LogP contribution in [0.25, 0.3) is 22.5 Å². The summed E-state index contributed by atoms with van der Waals surface area (Å²) in [7, 11) is 0. The van der Waals surface area contributed by atoms with Gasteiger partial charge in [-0.1, -0.05) is 76.2 Å². The van der Waals surface area contributed by atoms with Crippen LogP contribution in [0.2, 0.25) is 20.1 Å². The molecule has 0 unspecified atom stereocenters. The lowest BCUT2D eigenvalue weighted by Crippen LogP contribution is -2.28. The number of rotatable bonds is 6. The van der Waals surface area contributed by atoms with Crippen molar-refractivity contribution >= 4 is 52.3 Å². The number of aryl methyl sites for hydroxylation is 1. The first-order chi connectivity index (χ1) is 15.8. The largest absolute Gasteiger partial charge is 0.350 e. The average Bonchev–Trinajstić information content (AvgIpc) is 3.16. The molecule has 0 bridgehead atoms. The first-order valence-electron chi connectivity index (χ1n) is 9.98. The number of hydrogen-bond acceptors (Lipinski definition) is 3. The molecule has 0 atom stereocenters. The van der Waals surface area contributed by atoms with Gasteiger partial charge in [-0.25, -0.2) is 0 Å². The second-order valence-corrected chi connectivity index (χ2v) is 9.13. The summed E-state index contributed by atoms with van der Waals surface area (Å²) in [6.45, 7) is 2.35. The number of carbonyl (C=O) groups excluding carboxylic acids is 1. The lowest BCUT2D eigenvalue weighted by Gasteiger charge is -2.06. The molecule has 0 spiro atoms. The van der Waals surface area contributed by atoms with Crippen molar-refractivity contribution in [2.45, 2.75) is 20.0 Å². The summed E-state index contributed by atoms with van der Waals surface area (Å²) in [5.74, 6) is -0.229. The van der Waals surface area contributed by atoms with Gasteiger partial charge in [0.15, 0.2) is 0 Å². The van der Waals surface area contributed by atoms with Crippen LogP contribution in [0.1, 0.15) is 11.1 Å². The zero-order chi connectivity index (χ0) is 23.5. The first kappa shape index (κ1) is 23.6. The van der Waals surface area contributed by atoms with E-state index in [1.165, 1.54) is 4.80 Å². The number of halogens is 4. The topological polar surface area (TPSA) is 59.8 Å². The minimum absolute atomic E-state index is 0.0741. The van der Waals surface area contributed by atoms with Gasteiger partial charge in [-0.05, 0) is 48.9 Å². The summed E-state index contributed by atoms with van der Waals surface area (Å²) < 4.78 is 0. The summed E-state index contributed by atoms with van der Waals surface area (Å²) in [6, 6.07) is 18.1. The summed E-state index contributed by atoms with van der Waals surface area (Å²) in [5.41, 5.74) is 4.36. The van der Waals surface area contributed by atoms with Crippen LogP contribution < -0.4 is 5.32 Å². The highest BCUT2D eigenvalue weighted by molar-refractivity contribution is 6.37. The molecule has 0 aliphatic carbocycles. The number of nitrogens with one attached hydrogen (secondary N) is 1. The molecule has 1 aromatic heterocycles. The highest BCUT2D eigenvalue weighted by Crippen LogP contribution is 2.38. The lowest BCUT2D eigenvalue weighted by atomic mass is 10.0. The number of carbonyl (C=O) groups is 1. The molecule has 0 fully saturated rings. The van der Waals surface area contributed by atoms with Crippen molar-refractivity contribution in [3.05, 3.63) is 91.9 Å². The minimum atomic E-state index is -0.229. The second kappa shape index (κ2) is 10.1. The Hall–Kier alpha value is -2.57. The van der Waals surface area contributed by atoms with Gasteiger partial charge in [0.2, 0.25) is 5.91 Å². The Balaban J connectivity index is 1.64. The Kier molecular flexibility index (Phi) is 7.25. The van der Waals surface area contributed by atoms with Crippen molar-refractivity contribution in [3.8, 4) is 22.5 Å². The van der Waals surface area contributed by atoms with E-state index in [4.69, 9.17) is 46.4 Å². The molecule has 4 aromatic rings. The van der Waals surface area contributed by atoms with Gasteiger partial charge in [0.1, 0.15) is 17.9 Å². The molecule has 1 amide bonds. The zero-order valence-electron chi connectivity index (χ0n) is 17.4. The molecule has 0 aliphatic rings. The molecule has 1 heterocycles. The van der Waals surface area contributed by atoms with Crippen molar-refractivity contribution in [2.75, 3.05) is 0 Å². The van der Waals surface area contributed by atoms with E-state index in [2.05, 4.69) is 15.5 Å². The van der Waals surface area contributed by atoms with Crippen molar-refractivity contribution in [3.63, 3.8) is 0 Å². The van der Waals surface area contributed by atoms with Crippen molar-refractivity contribution in [1.82, 2.24) is 20.3 Å². The van der Waals surface area contributed by atoms with Crippen LogP contribution in [-0.2, 0) is 17.9 Å². The van der Waals surface area contributed by atoms with Gasteiger partial charge < -0.3 is 5.32 Å². The normalized spacial score (nSPS) is 10.9. The third kappa shape index (κ3) is 5.68. The third-order valence-corrected chi connectivity index (χ3v) is 6.02. The molecular formula is C24H18Cl4N4O. The van der Waals surface area contributed by atoms with Crippen LogP contribution in [0.3, 0.4) is 0 Å². The van der Waals surface area contributed by atoms with E-state index < -0.39 is 0 Å². The zero-order valence-corrected chi connectivity index (χ0v) is 20.5. The van der Waals surface area contributed by atoms with Crippen LogP contribution in [0.4, 0.5) is 0 Å². The molecule has 3 aromatic carbocycles. The van der Waals surface area contributed by atoms with Crippen LogP contribution >= 0.6 is 46.4 Å². The van der Waals surface area contributed by atoms with Crippen LogP contribution in [0.15, 0.2) is 60.7 Å². The monoisotopic (exact) mass is 518 g/mol. The highest BCUT2D eigenvalue weighted by Gasteiger charge is 2.21. The molecule has 0 aliphatic heterocycles. The van der Waals surface area contributed by atoms with E-state index in [0.717, 1.165) is 11.1 Å². The van der Waals surface area contributed by atoms with Crippen molar-refractivity contribution in [1.29, 1.82) is 0 Å². The van der Waals surface area contributed by atoms with Crippen molar-refractivity contribution in [2.24, 2.45) is 0 Å². The van der Waals surface area contributed by atoms with E-state index in [9.17, 15) is 4.79 Å². The lowest BCUT2D eigenvalue weighted by molar-refractivity contribution is -0.122. The van der Waals surface area contributed by atoms with Gasteiger partial charge in [0, 0.05) is 27.7 Å². The predicted octanol–water partition coefficient (Wildman–Crippen LogP) is 6.85. The Morgan fingerprint density at radius 3 is 1.82 bits per heavy atom. The maximum absolute atomic E-state index is 12.6. The number of amides is 1. The summed E-state index contributed by atoms with van der Waals surface area (Å²) >= 11 is 25.0. The van der Waals surface area contributed by atoms with Crippen LogP contribution in [0, 0.1) is 6.92 Å². The smallest absolute Gasteiger partial charge is 0.243 e. The maximum Gasteiger partial charge on any atom is 0.243 e. The molecular weight excluding hydrogens is 502 g/mol. The van der Waals surface area contributed by atoms with Gasteiger partial charge in [-0.2, -0.15) is 15.0 Å². The van der Waals surface area contributed by atoms with E-state index in [0.29, 0.717) is 49.2 Å². The molecule has 0 saturated carbocycles. The molecule has 1 N–H and O–H groups in total. The Labute approximate surface area is 211 Å². The average molecular weight is 520 g/mol. The number of hydrogen-bond donors (Lipinski definition) is 1. The van der Waals surface area contributed by atoms with E-state index >= 15 is 0 Å². The van der Waals surface area contributed by atoms with Crippen LogP contribution in [0.5, 0.6) is 0 Å². The van der Waals surface area contributed by atoms with Gasteiger partial charge in [0.05, 0.1) is 10.0 Å². The molecule has 4 rings (SSSR count). The Morgan fingerprint density at radius 2 is 1.33 bits per heavy atom. The SMILES string of the molecule is Cc1ccc(CNC(=O)Cn2nc(-c3ccc(Cl)cc3Cl)c(-c3ccc(Cl)cc3Cl)n2)cc1. The Bertz CT molecular complexity index is 1250.